The third kappa shape index (κ3) is 4.74. The first-order chi connectivity index (χ1) is 8.40. The summed E-state index contributed by atoms with van der Waals surface area (Å²) in [5, 5.41) is 12.4. The maximum absolute atomic E-state index is 10.5. The number of hydrogen-bond donors (Lipinski definition) is 2. The number of carboxylic acid groups (broad SMARTS) is 1. The molecule has 0 atom stereocenters. The molecule has 1 aromatic carbocycles. The lowest BCUT2D eigenvalue weighted by atomic mass is 10.3. The Balaban J connectivity index is 2.76. The van der Waals surface area contributed by atoms with E-state index >= 15 is 0 Å². The van der Waals surface area contributed by atoms with Gasteiger partial charge in [0.05, 0.1) is 16.9 Å². The molecule has 0 saturated carbocycles. The molecule has 8 heteroatoms. The van der Waals surface area contributed by atoms with Crippen LogP contribution in [-0.4, -0.2) is 17.3 Å². The van der Waals surface area contributed by atoms with Gasteiger partial charge in [0, 0.05) is 10.0 Å². The molecule has 96 valence electrons. The first kappa shape index (κ1) is 15.1. The number of halogens is 4. The van der Waals surface area contributed by atoms with Crippen molar-refractivity contribution in [1.29, 1.82) is 0 Å². The zero-order chi connectivity index (χ0) is 13.7. The molecule has 1 aromatic rings. The molecule has 1 rings (SSSR count). The van der Waals surface area contributed by atoms with Crippen molar-refractivity contribution in [3.05, 3.63) is 38.3 Å². The Morgan fingerprint density at radius 3 is 2.28 bits per heavy atom. The van der Waals surface area contributed by atoms with Crippen molar-refractivity contribution >= 4 is 64.3 Å². The van der Waals surface area contributed by atoms with Crippen molar-refractivity contribution in [3.8, 4) is 0 Å². The van der Waals surface area contributed by atoms with Crippen molar-refractivity contribution in [1.82, 2.24) is 0 Å². The van der Waals surface area contributed by atoms with Crippen LogP contribution in [0.25, 0.3) is 0 Å². The number of rotatable bonds is 4. The lowest BCUT2D eigenvalue weighted by Crippen LogP contribution is -1.97. The van der Waals surface area contributed by atoms with Gasteiger partial charge in [-0.05, 0) is 18.2 Å². The number of benzene rings is 1. The summed E-state index contributed by atoms with van der Waals surface area (Å²) in [4.78, 5) is 10.5. The van der Waals surface area contributed by atoms with Crippen molar-refractivity contribution in [2.75, 3.05) is 5.43 Å². The third-order valence-electron chi connectivity index (χ3n) is 1.63. The number of hydrazone groups is 1. The van der Waals surface area contributed by atoms with E-state index in [-0.39, 0.29) is 5.03 Å². The quantitative estimate of drug-likeness (QED) is 0.495. The van der Waals surface area contributed by atoms with Crippen LogP contribution in [0, 0.1) is 0 Å². The molecule has 0 radical (unpaired) electrons. The number of carboxylic acids is 1. The predicted octanol–water partition coefficient (Wildman–Crippen LogP) is 4.16. The van der Waals surface area contributed by atoms with E-state index in [2.05, 4.69) is 10.5 Å². The molecule has 0 bridgehead atoms. The van der Waals surface area contributed by atoms with E-state index in [4.69, 9.17) is 51.5 Å². The normalized spacial score (nSPS) is 12.4. The average Bonchev–Trinajstić information content (AvgIpc) is 2.26. The summed E-state index contributed by atoms with van der Waals surface area (Å²) in [7, 11) is 0. The van der Waals surface area contributed by atoms with Crippen molar-refractivity contribution in [2.24, 2.45) is 5.10 Å². The van der Waals surface area contributed by atoms with Gasteiger partial charge in [-0.3, -0.25) is 5.43 Å². The van der Waals surface area contributed by atoms with Gasteiger partial charge in [-0.1, -0.05) is 46.4 Å². The number of anilines is 1. The van der Waals surface area contributed by atoms with Crippen LogP contribution in [0.3, 0.4) is 0 Å². The highest BCUT2D eigenvalue weighted by Crippen LogP contribution is 2.22. The van der Waals surface area contributed by atoms with E-state index in [0.717, 1.165) is 6.21 Å². The van der Waals surface area contributed by atoms with E-state index in [1.807, 2.05) is 0 Å². The molecule has 0 aromatic heterocycles. The van der Waals surface area contributed by atoms with E-state index in [9.17, 15) is 4.79 Å². The molecule has 0 fully saturated rings. The maximum atomic E-state index is 10.5. The summed E-state index contributed by atoms with van der Waals surface area (Å²) in [5.41, 5.74) is 3.11. The van der Waals surface area contributed by atoms with Crippen LogP contribution < -0.4 is 5.43 Å². The van der Waals surface area contributed by atoms with Crippen LogP contribution in [0.5, 0.6) is 0 Å². The van der Waals surface area contributed by atoms with Gasteiger partial charge in [0.2, 0.25) is 0 Å². The number of nitrogens with zero attached hydrogens (tertiary/aromatic N) is 1. The second-order valence-electron chi connectivity index (χ2n) is 3.00. The molecule has 0 aliphatic heterocycles. The monoisotopic (exact) mass is 326 g/mol. The van der Waals surface area contributed by atoms with Crippen molar-refractivity contribution < 1.29 is 9.90 Å². The van der Waals surface area contributed by atoms with E-state index in [1.165, 1.54) is 0 Å². The molecular formula is C10H6Cl4N2O2. The Kier molecular flexibility index (Phi) is 5.75. The van der Waals surface area contributed by atoms with Crippen LogP contribution in [0.1, 0.15) is 0 Å². The van der Waals surface area contributed by atoms with Crippen LogP contribution in [-0.2, 0) is 4.79 Å². The number of carbonyl (C=O) groups is 1. The number of allylic oxidation sites excluding steroid dienone is 1. The van der Waals surface area contributed by atoms with E-state index in [1.54, 1.807) is 18.2 Å². The largest absolute Gasteiger partial charge is 0.477 e. The molecule has 0 amide bonds. The zero-order valence-corrected chi connectivity index (χ0v) is 11.6. The molecule has 0 heterocycles. The highest BCUT2D eigenvalue weighted by Gasteiger charge is 2.07. The van der Waals surface area contributed by atoms with Gasteiger partial charge in [0.15, 0.2) is 0 Å². The molecule has 2 N–H and O–H groups in total. The number of aliphatic carboxylic acids is 1. The van der Waals surface area contributed by atoms with E-state index < -0.39 is 11.0 Å². The van der Waals surface area contributed by atoms with Crippen LogP contribution in [0.15, 0.2) is 33.4 Å². The van der Waals surface area contributed by atoms with Gasteiger partial charge >= 0.3 is 5.97 Å². The summed E-state index contributed by atoms with van der Waals surface area (Å²) >= 11 is 22.5. The molecule has 0 spiro atoms. The van der Waals surface area contributed by atoms with Gasteiger partial charge in [-0.2, -0.15) is 5.10 Å². The Hall–Kier alpha value is -0.940. The fraction of sp³-hybridized carbons (Fsp3) is 0. The Morgan fingerprint density at radius 1 is 1.22 bits per heavy atom. The summed E-state index contributed by atoms with van der Waals surface area (Å²) in [5.74, 6) is -1.33. The van der Waals surface area contributed by atoms with Crippen molar-refractivity contribution in [3.63, 3.8) is 0 Å². The van der Waals surface area contributed by atoms with Gasteiger partial charge in [-0.15, -0.1) is 0 Å². The molecule has 0 aliphatic carbocycles. The first-order valence-electron chi connectivity index (χ1n) is 4.44. The fourth-order valence-electron chi connectivity index (χ4n) is 0.941. The number of hydrogen-bond acceptors (Lipinski definition) is 3. The highest BCUT2D eigenvalue weighted by molar-refractivity contribution is 6.51. The second kappa shape index (κ2) is 6.85. The number of nitrogens with one attached hydrogen (secondary N) is 1. The lowest BCUT2D eigenvalue weighted by molar-refractivity contribution is -0.131. The maximum Gasteiger partial charge on any atom is 0.348 e. The minimum Gasteiger partial charge on any atom is -0.477 e. The molecular weight excluding hydrogens is 322 g/mol. The summed E-state index contributed by atoms with van der Waals surface area (Å²) in [6, 6.07) is 4.73. The minimum atomic E-state index is -1.33. The predicted molar refractivity (Wildman–Crippen MR) is 74.9 cm³/mol. The minimum absolute atomic E-state index is 0.204. The molecule has 0 saturated heterocycles. The molecule has 4 nitrogen and oxygen atoms in total. The summed E-state index contributed by atoms with van der Waals surface area (Å²) < 4.78 is 0. The Labute approximate surface area is 123 Å². The van der Waals surface area contributed by atoms with Crippen LogP contribution in [0.2, 0.25) is 10.0 Å². The van der Waals surface area contributed by atoms with E-state index in [0.29, 0.717) is 15.7 Å². The summed E-state index contributed by atoms with van der Waals surface area (Å²) in [6.45, 7) is 0. The van der Waals surface area contributed by atoms with Crippen molar-refractivity contribution in [2.45, 2.75) is 0 Å². The standard InChI is InChI=1S/C10H6Cl4N2O2/c11-5-1-6(12)3-7(2-5)16-15-4-8(13)9(14)10(17)18/h1-4,16H,(H,17,18)/b9-8+,15-4?. The van der Waals surface area contributed by atoms with Gasteiger partial charge in [0.25, 0.3) is 0 Å². The smallest absolute Gasteiger partial charge is 0.348 e. The Morgan fingerprint density at radius 2 is 1.78 bits per heavy atom. The Bertz CT molecular complexity index is 508. The topological polar surface area (TPSA) is 61.7 Å². The third-order valence-corrected chi connectivity index (χ3v) is 2.82. The van der Waals surface area contributed by atoms with Gasteiger partial charge in [-0.25, -0.2) is 4.79 Å². The fourth-order valence-corrected chi connectivity index (χ4v) is 1.65. The molecule has 18 heavy (non-hydrogen) atoms. The molecule has 0 aliphatic rings. The van der Waals surface area contributed by atoms with Gasteiger partial charge < -0.3 is 5.11 Å². The first-order valence-corrected chi connectivity index (χ1v) is 5.95. The molecule has 0 unspecified atom stereocenters. The van der Waals surface area contributed by atoms with Crippen LogP contribution in [0.4, 0.5) is 5.69 Å². The zero-order valence-electron chi connectivity index (χ0n) is 8.62. The highest BCUT2D eigenvalue weighted by atomic mass is 35.5. The van der Waals surface area contributed by atoms with Crippen LogP contribution >= 0.6 is 46.4 Å². The second-order valence-corrected chi connectivity index (χ2v) is 4.65. The lowest BCUT2D eigenvalue weighted by Gasteiger charge is -2.01. The SMILES string of the molecule is O=C(O)/C(Cl)=C(\Cl)C=NNc1cc(Cl)cc(Cl)c1. The average molecular weight is 328 g/mol. The summed E-state index contributed by atoms with van der Waals surface area (Å²) in [6.07, 6.45) is 1.06. The van der Waals surface area contributed by atoms with Gasteiger partial charge in [0.1, 0.15) is 5.03 Å².